The van der Waals surface area contributed by atoms with Crippen LogP contribution in [0.5, 0.6) is 0 Å². The van der Waals surface area contributed by atoms with Gasteiger partial charge >= 0.3 is 0 Å². The summed E-state index contributed by atoms with van der Waals surface area (Å²) in [6.07, 6.45) is 6.43. The highest BCUT2D eigenvalue weighted by Crippen LogP contribution is 2.12. The first-order valence-electron chi connectivity index (χ1n) is 2.64. The molecule has 0 aliphatic heterocycles. The molecule has 0 aromatic heterocycles. The minimum absolute atomic E-state index is 0.101. The number of hydrogen-bond acceptors (Lipinski definition) is 3. The van der Waals surface area contributed by atoms with Crippen LogP contribution in [0.3, 0.4) is 0 Å². The number of nitrogens with two attached hydrogens (primary N) is 1. The third-order valence-corrected chi connectivity index (χ3v) is 2.05. The van der Waals surface area contributed by atoms with Gasteiger partial charge in [0.05, 0.1) is 5.37 Å². The largest absolute Gasteiger partial charge is 0.318 e. The zero-order valence-electron chi connectivity index (χ0n) is 5.16. The van der Waals surface area contributed by atoms with Crippen LogP contribution < -0.4 is 5.73 Å². The van der Waals surface area contributed by atoms with Gasteiger partial charge in [0, 0.05) is 0 Å². The van der Waals surface area contributed by atoms with Crippen LogP contribution in [0.2, 0.25) is 0 Å². The fourth-order valence-electron chi connectivity index (χ4n) is 0.352. The average molecular weight is 161 g/mol. The first-order valence-corrected chi connectivity index (χ1v) is 4.58. The van der Waals surface area contributed by atoms with E-state index in [1.54, 1.807) is 6.08 Å². The Morgan fingerprint density at radius 3 is 2.89 bits per heavy atom. The third kappa shape index (κ3) is 6.02. The van der Waals surface area contributed by atoms with E-state index in [0.29, 0.717) is 0 Å². The first-order chi connectivity index (χ1) is 4.31. The van der Waals surface area contributed by atoms with Gasteiger partial charge in [0.25, 0.3) is 0 Å². The van der Waals surface area contributed by atoms with Gasteiger partial charge in [0.15, 0.2) is 0 Å². The molecule has 1 nitrogen and oxygen atoms in total. The van der Waals surface area contributed by atoms with E-state index in [1.165, 1.54) is 10.8 Å². The molecule has 2 N–H and O–H groups in total. The Morgan fingerprint density at radius 1 is 1.78 bits per heavy atom. The molecule has 1 unspecified atom stereocenters. The van der Waals surface area contributed by atoms with Crippen LogP contribution in [0.4, 0.5) is 0 Å². The van der Waals surface area contributed by atoms with Crippen molar-refractivity contribution in [3.8, 4) is 0 Å². The van der Waals surface area contributed by atoms with Crippen LogP contribution in [0.1, 0.15) is 6.42 Å². The fraction of sp³-hybridized carbons (Fsp3) is 0.333. The molecule has 0 heterocycles. The molecule has 1 atom stereocenters. The topological polar surface area (TPSA) is 26.0 Å². The molecule has 0 amide bonds. The Kier molecular flexibility index (Phi) is 6.36. The Morgan fingerprint density at radius 2 is 2.44 bits per heavy atom. The van der Waals surface area contributed by atoms with Crippen LogP contribution in [0.25, 0.3) is 0 Å². The molecule has 0 radical (unpaired) electrons. The first kappa shape index (κ1) is 9.14. The maximum Gasteiger partial charge on any atom is 0.0644 e. The molecule has 0 aromatic rings. The Balaban J connectivity index is 3.25. The van der Waals surface area contributed by atoms with Gasteiger partial charge in [-0.1, -0.05) is 35.6 Å². The van der Waals surface area contributed by atoms with Crippen LogP contribution in [0, 0.1) is 0 Å². The lowest BCUT2D eigenvalue weighted by atomic mass is 10.4. The molecule has 0 aromatic carbocycles. The summed E-state index contributed by atoms with van der Waals surface area (Å²) < 4.78 is 0. The quantitative estimate of drug-likeness (QED) is 0.285. The number of hydrogen-bond donors (Lipinski definition) is 2. The molecule has 0 rings (SSSR count). The minimum Gasteiger partial charge on any atom is -0.318 e. The Labute approximate surface area is 65.2 Å². The van der Waals surface area contributed by atoms with E-state index in [4.69, 9.17) is 5.73 Å². The van der Waals surface area contributed by atoms with Crippen molar-refractivity contribution in [2.24, 2.45) is 5.73 Å². The van der Waals surface area contributed by atoms with E-state index in [9.17, 15) is 0 Å². The molecule has 0 fully saturated rings. The van der Waals surface area contributed by atoms with E-state index in [1.807, 2.05) is 12.2 Å². The summed E-state index contributed by atoms with van der Waals surface area (Å²) in [6, 6.07) is 0. The monoisotopic (exact) mass is 161 g/mol. The second-order valence-corrected chi connectivity index (χ2v) is 2.99. The average Bonchev–Trinajstić information content (AvgIpc) is 1.89. The molecular weight excluding hydrogens is 150 g/mol. The highest BCUT2D eigenvalue weighted by molar-refractivity contribution is 8.68. The lowest BCUT2D eigenvalue weighted by Crippen LogP contribution is -2.11. The Bertz CT molecular complexity index is 101. The Hall–Kier alpha value is 0.140. The predicted octanol–water partition coefficient (Wildman–Crippen LogP) is 1.98. The maximum absolute atomic E-state index is 5.51. The summed E-state index contributed by atoms with van der Waals surface area (Å²) in [5, 5.41) is 0.101. The van der Waals surface area contributed by atoms with Crippen LogP contribution in [-0.2, 0) is 0 Å². The second kappa shape index (κ2) is 6.26. The van der Waals surface area contributed by atoms with Gasteiger partial charge in [-0.05, 0) is 6.42 Å². The highest BCUT2D eigenvalue weighted by atomic mass is 33.1. The van der Waals surface area contributed by atoms with Crippen molar-refractivity contribution in [2.45, 2.75) is 11.8 Å². The van der Waals surface area contributed by atoms with Crippen LogP contribution >= 0.6 is 22.5 Å². The molecule has 0 bridgehead atoms. The van der Waals surface area contributed by atoms with Crippen molar-refractivity contribution in [1.29, 1.82) is 0 Å². The highest BCUT2D eigenvalue weighted by Gasteiger charge is 1.93. The summed E-state index contributed by atoms with van der Waals surface area (Å²) in [5.41, 5.74) is 5.51. The number of thiol groups is 1. The van der Waals surface area contributed by atoms with Crippen molar-refractivity contribution < 1.29 is 0 Å². The van der Waals surface area contributed by atoms with Gasteiger partial charge in [0.2, 0.25) is 0 Å². The van der Waals surface area contributed by atoms with Crippen molar-refractivity contribution in [3.63, 3.8) is 0 Å². The molecule has 0 aliphatic rings. The molecule has 52 valence electrons. The van der Waals surface area contributed by atoms with Crippen molar-refractivity contribution in [1.82, 2.24) is 0 Å². The minimum atomic E-state index is 0.101. The van der Waals surface area contributed by atoms with Gasteiger partial charge in [-0.2, -0.15) is 0 Å². The third-order valence-electron chi connectivity index (χ3n) is 0.776. The number of allylic oxidation sites excluding steroid dienone is 2. The fourth-order valence-corrected chi connectivity index (χ4v) is 0.807. The molecule has 0 saturated heterocycles. The zero-order chi connectivity index (χ0) is 7.11. The zero-order valence-corrected chi connectivity index (χ0v) is 6.87. The summed E-state index contributed by atoms with van der Waals surface area (Å²) in [5.74, 6) is 0. The second-order valence-electron chi connectivity index (χ2n) is 1.54. The molecular formula is C6H11NS2. The lowest BCUT2D eigenvalue weighted by Gasteiger charge is -2.00. The lowest BCUT2D eigenvalue weighted by molar-refractivity contribution is 0.941. The molecule has 0 saturated carbocycles. The van der Waals surface area contributed by atoms with E-state index in [0.717, 1.165) is 6.42 Å². The van der Waals surface area contributed by atoms with Gasteiger partial charge in [-0.3, -0.25) is 0 Å². The summed E-state index contributed by atoms with van der Waals surface area (Å²) >= 11 is 3.95. The van der Waals surface area contributed by atoms with E-state index >= 15 is 0 Å². The van der Waals surface area contributed by atoms with E-state index < -0.39 is 0 Å². The van der Waals surface area contributed by atoms with Gasteiger partial charge in [0.1, 0.15) is 0 Å². The van der Waals surface area contributed by atoms with Crippen LogP contribution in [0.15, 0.2) is 24.8 Å². The SMILES string of the molecule is C=C/C=C\CC(N)SS. The van der Waals surface area contributed by atoms with Crippen molar-refractivity contribution in [3.05, 3.63) is 24.8 Å². The van der Waals surface area contributed by atoms with Crippen LogP contribution in [-0.4, -0.2) is 5.37 Å². The van der Waals surface area contributed by atoms with Crippen molar-refractivity contribution >= 4 is 22.5 Å². The van der Waals surface area contributed by atoms with Crippen molar-refractivity contribution in [2.75, 3.05) is 0 Å². The summed E-state index contributed by atoms with van der Waals surface area (Å²) in [6.45, 7) is 3.53. The molecule has 9 heavy (non-hydrogen) atoms. The summed E-state index contributed by atoms with van der Waals surface area (Å²) in [4.78, 5) is 0. The predicted molar refractivity (Wildman–Crippen MR) is 48.5 cm³/mol. The van der Waals surface area contributed by atoms with E-state index in [2.05, 4.69) is 18.2 Å². The normalized spacial score (nSPS) is 14.0. The maximum atomic E-state index is 5.51. The number of rotatable bonds is 4. The van der Waals surface area contributed by atoms with E-state index in [-0.39, 0.29) is 5.37 Å². The standard InChI is InChI=1S/C6H11NS2/c1-2-3-4-5-6(7)9-8/h2-4,6,8H,1,5,7H2/b4-3-. The summed E-state index contributed by atoms with van der Waals surface area (Å²) in [7, 11) is 1.36. The van der Waals surface area contributed by atoms with Gasteiger partial charge in [-0.15, -0.1) is 11.7 Å². The molecule has 0 aliphatic carbocycles. The van der Waals surface area contributed by atoms with Gasteiger partial charge < -0.3 is 5.73 Å². The smallest absolute Gasteiger partial charge is 0.0644 e. The molecule has 0 spiro atoms. The van der Waals surface area contributed by atoms with Gasteiger partial charge in [-0.25, -0.2) is 0 Å². The molecule has 3 heteroatoms.